The molecule has 4 nitrogen and oxygen atoms in total. The first-order chi connectivity index (χ1) is 8.68. The third-order valence-electron chi connectivity index (χ3n) is 3.31. The van der Waals surface area contributed by atoms with Gasteiger partial charge in [0, 0.05) is 44.4 Å². The van der Waals surface area contributed by atoms with Crippen LogP contribution in [0.5, 0.6) is 0 Å². The molecule has 2 heterocycles. The molecule has 0 spiro atoms. The Morgan fingerprint density at radius 2 is 2.22 bits per heavy atom. The summed E-state index contributed by atoms with van der Waals surface area (Å²) < 4.78 is 24.2. The molecule has 18 heavy (non-hydrogen) atoms. The molecule has 1 N–H and O–H groups in total. The van der Waals surface area contributed by atoms with E-state index in [0.717, 1.165) is 6.20 Å². The molecule has 1 atom stereocenters. The SMILES string of the molecule is CCOC1(C(O)c2cncc(F)c2)CCOCC1. The van der Waals surface area contributed by atoms with Gasteiger partial charge in [0.05, 0.1) is 6.20 Å². The highest BCUT2D eigenvalue weighted by atomic mass is 19.1. The molecule has 1 aliphatic rings. The molecule has 100 valence electrons. The lowest BCUT2D eigenvalue weighted by molar-refractivity contribution is -0.168. The average Bonchev–Trinajstić information content (AvgIpc) is 2.39. The zero-order valence-electron chi connectivity index (χ0n) is 10.4. The van der Waals surface area contributed by atoms with E-state index >= 15 is 0 Å². The van der Waals surface area contributed by atoms with Gasteiger partial charge in [-0.25, -0.2) is 4.39 Å². The fraction of sp³-hybridized carbons (Fsp3) is 0.615. The van der Waals surface area contributed by atoms with Crippen molar-refractivity contribution in [2.45, 2.75) is 31.5 Å². The number of hydrogen-bond acceptors (Lipinski definition) is 4. The van der Waals surface area contributed by atoms with Crippen LogP contribution in [0, 0.1) is 5.82 Å². The maximum absolute atomic E-state index is 13.2. The summed E-state index contributed by atoms with van der Waals surface area (Å²) in [5.41, 5.74) is -0.243. The zero-order valence-corrected chi connectivity index (χ0v) is 10.4. The summed E-state index contributed by atoms with van der Waals surface area (Å²) in [5, 5.41) is 10.5. The molecule has 0 aromatic carbocycles. The van der Waals surface area contributed by atoms with E-state index in [1.54, 1.807) is 0 Å². The number of nitrogens with zero attached hydrogens (tertiary/aromatic N) is 1. The van der Waals surface area contributed by atoms with Crippen molar-refractivity contribution in [3.8, 4) is 0 Å². The fourth-order valence-corrected chi connectivity index (χ4v) is 2.38. The normalized spacial score (nSPS) is 20.6. The highest BCUT2D eigenvalue weighted by Crippen LogP contribution is 2.37. The number of aliphatic hydroxyl groups is 1. The Morgan fingerprint density at radius 3 is 2.83 bits per heavy atom. The summed E-state index contributed by atoms with van der Waals surface area (Å²) in [6.45, 7) is 3.47. The van der Waals surface area contributed by atoms with Gasteiger partial charge in [-0.1, -0.05) is 0 Å². The third kappa shape index (κ3) is 2.68. The van der Waals surface area contributed by atoms with Crippen molar-refractivity contribution in [3.05, 3.63) is 29.8 Å². The van der Waals surface area contributed by atoms with Crippen LogP contribution in [-0.2, 0) is 9.47 Å². The summed E-state index contributed by atoms with van der Waals surface area (Å²) in [6, 6.07) is 1.30. The predicted molar refractivity (Wildman–Crippen MR) is 63.6 cm³/mol. The van der Waals surface area contributed by atoms with Crippen LogP contribution >= 0.6 is 0 Å². The van der Waals surface area contributed by atoms with E-state index < -0.39 is 17.5 Å². The monoisotopic (exact) mass is 255 g/mol. The third-order valence-corrected chi connectivity index (χ3v) is 3.31. The zero-order chi connectivity index (χ0) is 13.0. The van der Waals surface area contributed by atoms with Gasteiger partial charge in [-0.15, -0.1) is 0 Å². The fourth-order valence-electron chi connectivity index (χ4n) is 2.38. The van der Waals surface area contributed by atoms with Crippen LogP contribution in [0.2, 0.25) is 0 Å². The first-order valence-electron chi connectivity index (χ1n) is 6.18. The van der Waals surface area contributed by atoms with Crippen LogP contribution in [0.4, 0.5) is 4.39 Å². The van der Waals surface area contributed by atoms with Crippen LogP contribution < -0.4 is 0 Å². The van der Waals surface area contributed by atoms with E-state index in [-0.39, 0.29) is 0 Å². The minimum Gasteiger partial charge on any atom is -0.385 e. The Balaban J connectivity index is 2.24. The number of rotatable bonds is 4. The second-order valence-corrected chi connectivity index (χ2v) is 4.45. The Kier molecular flexibility index (Phi) is 4.27. The quantitative estimate of drug-likeness (QED) is 0.892. The van der Waals surface area contributed by atoms with Crippen LogP contribution in [0.1, 0.15) is 31.4 Å². The highest BCUT2D eigenvalue weighted by Gasteiger charge is 2.41. The maximum atomic E-state index is 13.2. The van der Waals surface area contributed by atoms with Gasteiger partial charge in [0.25, 0.3) is 0 Å². The van der Waals surface area contributed by atoms with Crippen molar-refractivity contribution in [1.29, 1.82) is 0 Å². The molecule has 0 aliphatic carbocycles. The number of aromatic nitrogens is 1. The van der Waals surface area contributed by atoms with Crippen LogP contribution in [0.15, 0.2) is 18.5 Å². The minimum absolute atomic E-state index is 0.449. The maximum Gasteiger partial charge on any atom is 0.141 e. The Hall–Kier alpha value is -1.04. The number of ether oxygens (including phenoxy) is 2. The highest BCUT2D eigenvalue weighted by molar-refractivity contribution is 5.17. The summed E-state index contributed by atoms with van der Waals surface area (Å²) in [7, 11) is 0. The largest absolute Gasteiger partial charge is 0.385 e. The van der Waals surface area contributed by atoms with Gasteiger partial charge in [-0.2, -0.15) is 0 Å². The van der Waals surface area contributed by atoms with Crippen molar-refractivity contribution in [1.82, 2.24) is 4.98 Å². The molecule has 1 unspecified atom stereocenters. The van der Waals surface area contributed by atoms with Gasteiger partial charge < -0.3 is 14.6 Å². The van der Waals surface area contributed by atoms with Crippen molar-refractivity contribution in [2.75, 3.05) is 19.8 Å². The molecule has 1 aromatic heterocycles. The van der Waals surface area contributed by atoms with Crippen molar-refractivity contribution in [3.63, 3.8) is 0 Å². The van der Waals surface area contributed by atoms with Crippen LogP contribution in [0.25, 0.3) is 0 Å². The van der Waals surface area contributed by atoms with Crippen LogP contribution in [-0.4, -0.2) is 35.5 Å². The lowest BCUT2D eigenvalue weighted by Gasteiger charge is -2.40. The van der Waals surface area contributed by atoms with Crippen molar-refractivity contribution in [2.24, 2.45) is 0 Å². The molecule has 0 bridgehead atoms. The second kappa shape index (κ2) is 5.73. The van der Waals surface area contributed by atoms with Gasteiger partial charge in [0.1, 0.15) is 17.5 Å². The van der Waals surface area contributed by atoms with Gasteiger partial charge in [0.15, 0.2) is 0 Å². The van der Waals surface area contributed by atoms with E-state index in [0.29, 0.717) is 38.2 Å². The lowest BCUT2D eigenvalue weighted by atomic mass is 9.84. The molecule has 0 radical (unpaired) electrons. The molecule has 5 heteroatoms. The second-order valence-electron chi connectivity index (χ2n) is 4.45. The first-order valence-corrected chi connectivity index (χ1v) is 6.18. The Morgan fingerprint density at radius 1 is 1.50 bits per heavy atom. The molecule has 1 aliphatic heterocycles. The Labute approximate surface area is 106 Å². The molecule has 1 fully saturated rings. The number of halogens is 1. The van der Waals surface area contributed by atoms with Gasteiger partial charge >= 0.3 is 0 Å². The van der Waals surface area contributed by atoms with Crippen LogP contribution in [0.3, 0.4) is 0 Å². The number of hydrogen-bond donors (Lipinski definition) is 1. The summed E-state index contributed by atoms with van der Waals surface area (Å²) >= 11 is 0. The predicted octanol–water partition coefficient (Wildman–Crippen LogP) is 1.84. The average molecular weight is 255 g/mol. The lowest BCUT2D eigenvalue weighted by Crippen LogP contribution is -2.44. The van der Waals surface area contributed by atoms with E-state index in [1.165, 1.54) is 12.3 Å². The topological polar surface area (TPSA) is 51.6 Å². The van der Waals surface area contributed by atoms with Crippen molar-refractivity contribution < 1.29 is 19.0 Å². The molecule has 0 amide bonds. The molecule has 0 saturated carbocycles. The van der Waals surface area contributed by atoms with Gasteiger partial charge in [-0.05, 0) is 13.0 Å². The van der Waals surface area contributed by atoms with Crippen molar-refractivity contribution >= 4 is 0 Å². The number of pyridine rings is 1. The molecule has 2 rings (SSSR count). The molecule has 1 saturated heterocycles. The van der Waals surface area contributed by atoms with E-state index in [1.807, 2.05) is 6.92 Å². The smallest absolute Gasteiger partial charge is 0.141 e. The van der Waals surface area contributed by atoms with Gasteiger partial charge in [0.2, 0.25) is 0 Å². The minimum atomic E-state index is -0.885. The molecular weight excluding hydrogens is 237 g/mol. The van der Waals surface area contributed by atoms with E-state index in [9.17, 15) is 9.50 Å². The molecule has 1 aromatic rings. The van der Waals surface area contributed by atoms with E-state index in [4.69, 9.17) is 9.47 Å². The summed E-state index contributed by atoms with van der Waals surface area (Å²) in [4.78, 5) is 3.77. The number of aliphatic hydroxyl groups excluding tert-OH is 1. The molecular formula is C13H18FNO3. The standard InChI is InChI=1S/C13H18FNO3/c1-2-18-13(3-5-17-6-4-13)12(16)10-7-11(14)9-15-8-10/h7-9,12,16H,2-6H2,1H3. The van der Waals surface area contributed by atoms with E-state index in [2.05, 4.69) is 4.98 Å². The first kappa shape index (κ1) is 13.4. The van der Waals surface area contributed by atoms with Gasteiger partial charge in [-0.3, -0.25) is 4.98 Å². The Bertz CT molecular complexity index is 388. The summed E-state index contributed by atoms with van der Waals surface area (Å²) in [6.07, 6.45) is 2.90. The summed E-state index contributed by atoms with van der Waals surface area (Å²) in [5.74, 6) is -0.453.